The summed E-state index contributed by atoms with van der Waals surface area (Å²) in [7, 11) is -3.54. The molecule has 0 atom stereocenters. The molecule has 1 aromatic heterocycles. The van der Waals surface area contributed by atoms with Crippen molar-refractivity contribution in [3.8, 4) is 6.01 Å². The second kappa shape index (κ2) is 7.00. The summed E-state index contributed by atoms with van der Waals surface area (Å²) in [6.45, 7) is 0.660. The molecule has 2 heterocycles. The van der Waals surface area contributed by atoms with Crippen LogP contribution >= 0.6 is 11.6 Å². The maximum atomic E-state index is 12.8. The van der Waals surface area contributed by atoms with Crippen LogP contribution in [0.2, 0.25) is 5.02 Å². The van der Waals surface area contributed by atoms with Crippen LogP contribution in [-0.4, -0.2) is 41.9 Å². The van der Waals surface area contributed by atoms with Gasteiger partial charge in [0.25, 0.3) is 0 Å². The molecule has 1 aromatic carbocycles. The molecular formula is C15H15ClFN3O3S. The third kappa shape index (κ3) is 3.82. The smallest absolute Gasteiger partial charge is 0.316 e. The number of nitrogens with zero attached hydrogens (tertiary/aromatic N) is 3. The molecule has 0 unspecified atom stereocenters. The molecule has 1 saturated heterocycles. The summed E-state index contributed by atoms with van der Waals surface area (Å²) in [6, 6.07) is 6.18. The van der Waals surface area contributed by atoms with E-state index < -0.39 is 15.8 Å². The number of hydrogen-bond donors (Lipinski definition) is 0. The minimum atomic E-state index is -3.54. The average Bonchev–Trinajstić information content (AvgIpc) is 2.58. The summed E-state index contributed by atoms with van der Waals surface area (Å²) in [6.07, 6.45) is 2.87. The monoisotopic (exact) mass is 371 g/mol. The van der Waals surface area contributed by atoms with Crippen molar-refractivity contribution in [3.63, 3.8) is 0 Å². The van der Waals surface area contributed by atoms with Gasteiger partial charge >= 0.3 is 6.01 Å². The van der Waals surface area contributed by atoms with Gasteiger partial charge in [0.2, 0.25) is 10.0 Å². The molecule has 0 amide bonds. The summed E-state index contributed by atoms with van der Waals surface area (Å²) in [5, 5.41) is 0.486. The van der Waals surface area contributed by atoms with E-state index in [0.29, 0.717) is 31.0 Å². The first-order valence-corrected chi connectivity index (χ1v) is 9.17. The second-order valence-corrected chi connectivity index (χ2v) is 7.73. The molecule has 9 heteroatoms. The Balaban J connectivity index is 1.62. The van der Waals surface area contributed by atoms with Crippen LogP contribution in [0.4, 0.5) is 4.39 Å². The summed E-state index contributed by atoms with van der Waals surface area (Å²) in [5.41, 5.74) is 0. The molecule has 0 saturated carbocycles. The molecule has 24 heavy (non-hydrogen) atoms. The van der Waals surface area contributed by atoms with E-state index >= 15 is 0 Å². The number of aromatic nitrogens is 2. The lowest BCUT2D eigenvalue weighted by Gasteiger charge is -2.30. The normalized spacial score (nSPS) is 16.9. The molecule has 0 aliphatic carbocycles. The van der Waals surface area contributed by atoms with Gasteiger partial charge in [-0.3, -0.25) is 0 Å². The Morgan fingerprint density at radius 2 is 1.71 bits per heavy atom. The SMILES string of the molecule is O=S(=O)(c1ccc(Cl)cc1)N1CCC(Oc2ncc(F)cn2)CC1. The van der Waals surface area contributed by atoms with E-state index in [2.05, 4.69) is 9.97 Å². The van der Waals surface area contributed by atoms with Crippen LogP contribution in [0.25, 0.3) is 0 Å². The Morgan fingerprint density at radius 3 is 2.29 bits per heavy atom. The summed E-state index contributed by atoms with van der Waals surface area (Å²) in [4.78, 5) is 7.70. The molecule has 2 aromatic rings. The predicted octanol–water partition coefficient (Wildman–Crippen LogP) is 2.50. The van der Waals surface area contributed by atoms with Crippen LogP contribution < -0.4 is 4.74 Å². The molecule has 0 spiro atoms. The first-order chi connectivity index (χ1) is 11.4. The fraction of sp³-hybridized carbons (Fsp3) is 0.333. The van der Waals surface area contributed by atoms with Gasteiger partial charge in [-0.05, 0) is 37.1 Å². The molecule has 128 valence electrons. The lowest BCUT2D eigenvalue weighted by atomic mass is 10.1. The highest BCUT2D eigenvalue weighted by atomic mass is 35.5. The van der Waals surface area contributed by atoms with Gasteiger partial charge in [-0.25, -0.2) is 22.8 Å². The van der Waals surface area contributed by atoms with Gasteiger partial charge in [0.1, 0.15) is 6.10 Å². The minimum Gasteiger partial charge on any atom is -0.460 e. The minimum absolute atomic E-state index is 0.0930. The van der Waals surface area contributed by atoms with Crippen LogP contribution in [-0.2, 0) is 10.0 Å². The van der Waals surface area contributed by atoms with Crippen LogP contribution in [0.5, 0.6) is 6.01 Å². The van der Waals surface area contributed by atoms with Crippen LogP contribution in [0.3, 0.4) is 0 Å². The highest BCUT2D eigenvalue weighted by Crippen LogP contribution is 2.23. The Kier molecular flexibility index (Phi) is 4.98. The predicted molar refractivity (Wildman–Crippen MR) is 85.9 cm³/mol. The van der Waals surface area contributed by atoms with E-state index in [1.165, 1.54) is 16.4 Å². The Morgan fingerprint density at radius 1 is 1.12 bits per heavy atom. The third-order valence-corrected chi connectivity index (χ3v) is 5.89. The molecule has 0 radical (unpaired) electrons. The lowest BCUT2D eigenvalue weighted by Crippen LogP contribution is -2.41. The maximum Gasteiger partial charge on any atom is 0.316 e. The maximum absolute atomic E-state index is 12.8. The Bertz CT molecular complexity index is 792. The van der Waals surface area contributed by atoms with E-state index in [1.807, 2.05) is 0 Å². The fourth-order valence-corrected chi connectivity index (χ4v) is 4.05. The first-order valence-electron chi connectivity index (χ1n) is 7.35. The van der Waals surface area contributed by atoms with Gasteiger partial charge in [-0.2, -0.15) is 4.31 Å². The first kappa shape index (κ1) is 17.1. The van der Waals surface area contributed by atoms with Gasteiger partial charge in [0.05, 0.1) is 17.3 Å². The highest BCUT2D eigenvalue weighted by molar-refractivity contribution is 7.89. The highest BCUT2D eigenvalue weighted by Gasteiger charge is 2.30. The molecule has 1 aliphatic rings. The Hall–Kier alpha value is -1.77. The second-order valence-electron chi connectivity index (χ2n) is 5.36. The number of rotatable bonds is 4. The fourth-order valence-electron chi connectivity index (χ4n) is 2.46. The van der Waals surface area contributed by atoms with Crippen molar-refractivity contribution in [2.45, 2.75) is 23.8 Å². The van der Waals surface area contributed by atoms with E-state index in [1.54, 1.807) is 12.1 Å². The van der Waals surface area contributed by atoms with Crippen molar-refractivity contribution in [2.24, 2.45) is 0 Å². The molecule has 3 rings (SSSR count). The molecule has 1 aliphatic heterocycles. The standard InChI is InChI=1S/C15H15ClFN3O3S/c16-11-1-3-14(4-2-11)24(21,22)20-7-5-13(6-8-20)23-15-18-9-12(17)10-19-15/h1-4,9-10,13H,5-8H2. The van der Waals surface area contributed by atoms with Crippen molar-refractivity contribution in [1.82, 2.24) is 14.3 Å². The van der Waals surface area contributed by atoms with E-state index in [-0.39, 0.29) is 17.0 Å². The average molecular weight is 372 g/mol. The van der Waals surface area contributed by atoms with Gasteiger partial charge in [-0.15, -0.1) is 0 Å². The van der Waals surface area contributed by atoms with Crippen molar-refractivity contribution in [1.29, 1.82) is 0 Å². The number of piperidine rings is 1. The lowest BCUT2D eigenvalue weighted by molar-refractivity contribution is 0.124. The Labute approximate surface area is 144 Å². The van der Waals surface area contributed by atoms with Crippen LogP contribution in [0.15, 0.2) is 41.6 Å². The van der Waals surface area contributed by atoms with Crippen LogP contribution in [0, 0.1) is 5.82 Å². The quantitative estimate of drug-likeness (QED) is 0.825. The van der Waals surface area contributed by atoms with E-state index in [0.717, 1.165) is 12.4 Å². The molecule has 0 bridgehead atoms. The molecular weight excluding hydrogens is 357 g/mol. The zero-order valence-electron chi connectivity index (χ0n) is 12.6. The van der Waals surface area contributed by atoms with E-state index in [9.17, 15) is 12.8 Å². The zero-order chi connectivity index (χ0) is 17.2. The molecule has 6 nitrogen and oxygen atoms in total. The van der Waals surface area contributed by atoms with Crippen molar-refractivity contribution >= 4 is 21.6 Å². The van der Waals surface area contributed by atoms with Crippen LogP contribution in [0.1, 0.15) is 12.8 Å². The third-order valence-electron chi connectivity index (χ3n) is 3.72. The summed E-state index contributed by atoms with van der Waals surface area (Å²) in [5.74, 6) is -0.536. The van der Waals surface area contributed by atoms with Gasteiger partial charge in [0, 0.05) is 18.1 Å². The summed E-state index contributed by atoms with van der Waals surface area (Å²) < 4.78 is 44.9. The number of halogens is 2. The number of benzene rings is 1. The van der Waals surface area contributed by atoms with Gasteiger partial charge in [0.15, 0.2) is 5.82 Å². The van der Waals surface area contributed by atoms with Crippen molar-refractivity contribution in [3.05, 3.63) is 47.5 Å². The number of sulfonamides is 1. The largest absolute Gasteiger partial charge is 0.460 e. The van der Waals surface area contributed by atoms with E-state index in [4.69, 9.17) is 16.3 Å². The number of ether oxygens (including phenoxy) is 1. The van der Waals surface area contributed by atoms with Crippen molar-refractivity contribution < 1.29 is 17.5 Å². The summed E-state index contributed by atoms with van der Waals surface area (Å²) >= 11 is 5.79. The number of hydrogen-bond acceptors (Lipinski definition) is 5. The van der Waals surface area contributed by atoms with Gasteiger partial charge in [-0.1, -0.05) is 11.6 Å². The topological polar surface area (TPSA) is 72.4 Å². The molecule has 1 fully saturated rings. The van der Waals surface area contributed by atoms with Gasteiger partial charge < -0.3 is 4.74 Å². The molecule has 0 N–H and O–H groups in total. The zero-order valence-corrected chi connectivity index (χ0v) is 14.2. The van der Waals surface area contributed by atoms with Crippen molar-refractivity contribution in [2.75, 3.05) is 13.1 Å².